The van der Waals surface area contributed by atoms with E-state index in [1.165, 1.54) is 13.2 Å². The third-order valence-corrected chi connectivity index (χ3v) is 4.09. The highest BCUT2D eigenvalue weighted by Gasteiger charge is 2.14. The first-order valence-electron chi connectivity index (χ1n) is 8.46. The summed E-state index contributed by atoms with van der Waals surface area (Å²) in [6.07, 6.45) is 0. The van der Waals surface area contributed by atoms with Crippen LogP contribution in [0.1, 0.15) is 21.6 Å². The van der Waals surface area contributed by atoms with E-state index in [0.717, 1.165) is 16.8 Å². The molecular formula is C21H20N2O4. The number of methoxy groups -OCH3 is 1. The second-order valence-corrected chi connectivity index (χ2v) is 6.17. The molecule has 0 bridgehead atoms. The molecule has 0 saturated heterocycles. The monoisotopic (exact) mass is 364 g/mol. The van der Waals surface area contributed by atoms with Gasteiger partial charge in [0.05, 0.1) is 12.6 Å². The number of carbonyl (C=O) groups is 2. The Bertz CT molecular complexity index is 1010. The number of esters is 1. The molecule has 1 N–H and O–H groups in total. The smallest absolute Gasteiger partial charge is 0.356 e. The second-order valence-electron chi connectivity index (χ2n) is 6.17. The van der Waals surface area contributed by atoms with Gasteiger partial charge in [0.1, 0.15) is 5.75 Å². The maximum absolute atomic E-state index is 12.3. The Balaban J connectivity index is 1.79. The molecule has 1 heterocycles. The van der Waals surface area contributed by atoms with E-state index in [1.54, 1.807) is 6.07 Å². The van der Waals surface area contributed by atoms with Crippen molar-refractivity contribution in [3.8, 4) is 5.75 Å². The van der Waals surface area contributed by atoms with Crippen molar-refractivity contribution in [3.05, 3.63) is 65.4 Å². The Kier molecular flexibility index (Phi) is 5.35. The fourth-order valence-electron chi connectivity index (χ4n) is 2.76. The van der Waals surface area contributed by atoms with Crippen LogP contribution >= 0.6 is 0 Å². The van der Waals surface area contributed by atoms with E-state index in [1.807, 2.05) is 50.2 Å². The van der Waals surface area contributed by atoms with Gasteiger partial charge >= 0.3 is 5.97 Å². The number of nitrogens with zero attached hydrogens (tertiary/aromatic N) is 1. The van der Waals surface area contributed by atoms with Crippen LogP contribution in [0.15, 0.2) is 48.5 Å². The number of carbonyl (C=O) groups excluding carboxylic acids is 2. The Morgan fingerprint density at radius 2 is 1.85 bits per heavy atom. The molecule has 0 atom stereocenters. The predicted octanol–water partition coefficient (Wildman–Crippen LogP) is 3.66. The number of pyridine rings is 1. The highest BCUT2D eigenvalue weighted by Crippen LogP contribution is 2.26. The molecular weight excluding hydrogens is 344 g/mol. The minimum atomic E-state index is -0.565. The van der Waals surface area contributed by atoms with Gasteiger partial charge in [-0.15, -0.1) is 0 Å². The summed E-state index contributed by atoms with van der Waals surface area (Å²) in [6, 6.07) is 14.5. The number of rotatable bonds is 5. The average Bonchev–Trinajstić information content (AvgIpc) is 2.67. The number of para-hydroxylation sites is 1. The Labute approximate surface area is 157 Å². The lowest BCUT2D eigenvalue weighted by Crippen LogP contribution is -2.21. The molecule has 0 spiro atoms. The van der Waals surface area contributed by atoms with Crippen molar-refractivity contribution in [2.75, 3.05) is 19.0 Å². The van der Waals surface area contributed by atoms with Gasteiger partial charge in [-0.3, -0.25) is 4.79 Å². The normalized spacial score (nSPS) is 10.5. The van der Waals surface area contributed by atoms with Crippen molar-refractivity contribution >= 4 is 28.5 Å². The zero-order valence-electron chi connectivity index (χ0n) is 15.4. The maximum Gasteiger partial charge on any atom is 0.356 e. The van der Waals surface area contributed by atoms with Crippen LogP contribution in [-0.2, 0) is 9.53 Å². The van der Waals surface area contributed by atoms with E-state index in [-0.39, 0.29) is 18.2 Å². The summed E-state index contributed by atoms with van der Waals surface area (Å²) in [5, 5.41) is 3.55. The molecule has 0 radical (unpaired) electrons. The summed E-state index contributed by atoms with van der Waals surface area (Å²) >= 11 is 0. The van der Waals surface area contributed by atoms with Crippen LogP contribution in [-0.4, -0.2) is 30.6 Å². The van der Waals surface area contributed by atoms with Crippen molar-refractivity contribution in [2.24, 2.45) is 0 Å². The average molecular weight is 364 g/mol. The Hall–Kier alpha value is -3.41. The van der Waals surface area contributed by atoms with Crippen LogP contribution in [0.5, 0.6) is 5.75 Å². The van der Waals surface area contributed by atoms with Crippen molar-refractivity contribution in [1.82, 2.24) is 4.98 Å². The molecule has 0 aliphatic heterocycles. The summed E-state index contributed by atoms with van der Waals surface area (Å²) in [4.78, 5) is 28.4. The largest absolute Gasteiger partial charge is 0.483 e. The van der Waals surface area contributed by atoms with Crippen molar-refractivity contribution in [3.63, 3.8) is 0 Å². The molecule has 3 rings (SSSR count). The summed E-state index contributed by atoms with van der Waals surface area (Å²) < 4.78 is 10.4. The van der Waals surface area contributed by atoms with Gasteiger partial charge in [0.2, 0.25) is 0 Å². The van der Waals surface area contributed by atoms with E-state index in [9.17, 15) is 9.59 Å². The summed E-state index contributed by atoms with van der Waals surface area (Å²) in [5.41, 5.74) is 3.56. The van der Waals surface area contributed by atoms with Crippen LogP contribution in [0.25, 0.3) is 10.9 Å². The number of aromatic nitrogens is 1. The van der Waals surface area contributed by atoms with Gasteiger partial charge in [0.15, 0.2) is 12.3 Å². The van der Waals surface area contributed by atoms with Crippen molar-refractivity contribution in [1.29, 1.82) is 0 Å². The Morgan fingerprint density at radius 3 is 2.59 bits per heavy atom. The number of fused-ring (bicyclic) bond motifs is 1. The molecule has 3 aromatic rings. The minimum Gasteiger partial charge on any atom is -0.483 e. The highest BCUT2D eigenvalue weighted by atomic mass is 16.5. The first-order valence-corrected chi connectivity index (χ1v) is 8.46. The molecule has 1 amide bonds. The highest BCUT2D eigenvalue weighted by molar-refractivity contribution is 5.95. The van der Waals surface area contributed by atoms with Crippen LogP contribution < -0.4 is 10.1 Å². The fourth-order valence-corrected chi connectivity index (χ4v) is 2.76. The van der Waals surface area contributed by atoms with Gasteiger partial charge in [-0.2, -0.15) is 0 Å². The topological polar surface area (TPSA) is 77.5 Å². The van der Waals surface area contributed by atoms with Crippen LogP contribution in [0.4, 0.5) is 5.69 Å². The lowest BCUT2D eigenvalue weighted by Gasteiger charge is -2.12. The van der Waals surface area contributed by atoms with Gasteiger partial charge in [-0.25, -0.2) is 9.78 Å². The zero-order chi connectivity index (χ0) is 19.4. The molecule has 0 fully saturated rings. The molecule has 2 aromatic carbocycles. The number of nitrogens with one attached hydrogen (secondary N) is 1. The standard InChI is InChI=1S/C21H20N2O4/c1-13-8-9-16(14(2)10-13)23-20(24)12-27-19-11-18(21(25)26-3)22-17-7-5-4-6-15(17)19/h4-11H,12H2,1-3H3,(H,23,24). The molecule has 27 heavy (non-hydrogen) atoms. The van der Waals surface area contributed by atoms with Crippen molar-refractivity contribution in [2.45, 2.75) is 13.8 Å². The van der Waals surface area contributed by atoms with E-state index in [4.69, 9.17) is 9.47 Å². The van der Waals surface area contributed by atoms with Crippen LogP contribution in [0.3, 0.4) is 0 Å². The fraction of sp³-hybridized carbons (Fsp3) is 0.190. The SMILES string of the molecule is COC(=O)c1cc(OCC(=O)Nc2ccc(C)cc2C)c2ccccc2n1. The number of hydrogen-bond donors (Lipinski definition) is 1. The van der Waals surface area contributed by atoms with E-state index in [0.29, 0.717) is 16.7 Å². The summed E-state index contributed by atoms with van der Waals surface area (Å²) in [6.45, 7) is 3.74. The number of amides is 1. The van der Waals surface area contributed by atoms with E-state index in [2.05, 4.69) is 10.3 Å². The maximum atomic E-state index is 12.3. The lowest BCUT2D eigenvalue weighted by molar-refractivity contribution is -0.118. The quantitative estimate of drug-likeness (QED) is 0.699. The van der Waals surface area contributed by atoms with Gasteiger partial charge in [-0.05, 0) is 37.6 Å². The molecule has 6 nitrogen and oxygen atoms in total. The third kappa shape index (κ3) is 4.23. The first kappa shape index (κ1) is 18.4. The summed E-state index contributed by atoms with van der Waals surface area (Å²) in [5.74, 6) is -0.454. The molecule has 138 valence electrons. The molecule has 6 heteroatoms. The van der Waals surface area contributed by atoms with Crippen LogP contribution in [0, 0.1) is 13.8 Å². The first-order chi connectivity index (χ1) is 13.0. The molecule has 0 aliphatic rings. The molecule has 1 aromatic heterocycles. The molecule has 0 aliphatic carbocycles. The predicted molar refractivity (Wildman–Crippen MR) is 103 cm³/mol. The van der Waals surface area contributed by atoms with Gasteiger partial charge in [0, 0.05) is 17.1 Å². The molecule has 0 saturated carbocycles. The minimum absolute atomic E-state index is 0.126. The number of benzene rings is 2. The van der Waals surface area contributed by atoms with Gasteiger partial charge in [0.25, 0.3) is 5.91 Å². The van der Waals surface area contributed by atoms with E-state index < -0.39 is 5.97 Å². The van der Waals surface area contributed by atoms with Crippen molar-refractivity contribution < 1.29 is 19.1 Å². The number of aryl methyl sites for hydroxylation is 2. The number of hydrogen-bond acceptors (Lipinski definition) is 5. The number of anilines is 1. The lowest BCUT2D eigenvalue weighted by atomic mass is 10.1. The third-order valence-electron chi connectivity index (χ3n) is 4.09. The van der Waals surface area contributed by atoms with Gasteiger partial charge < -0.3 is 14.8 Å². The van der Waals surface area contributed by atoms with Crippen LogP contribution in [0.2, 0.25) is 0 Å². The second kappa shape index (κ2) is 7.86. The number of ether oxygens (including phenoxy) is 2. The molecule has 0 unspecified atom stereocenters. The Morgan fingerprint density at radius 1 is 1.07 bits per heavy atom. The van der Waals surface area contributed by atoms with E-state index >= 15 is 0 Å². The summed E-state index contributed by atoms with van der Waals surface area (Å²) in [7, 11) is 1.29. The zero-order valence-corrected chi connectivity index (χ0v) is 15.4. The van der Waals surface area contributed by atoms with Gasteiger partial charge in [-0.1, -0.05) is 29.8 Å².